The second-order valence-electron chi connectivity index (χ2n) is 5.73. The Morgan fingerprint density at radius 2 is 2.09 bits per heavy atom. The van der Waals surface area contributed by atoms with Gasteiger partial charge in [-0.1, -0.05) is 6.07 Å². The highest BCUT2D eigenvalue weighted by Gasteiger charge is 2.22. The molecule has 22 heavy (non-hydrogen) atoms. The normalized spacial score (nSPS) is 15.5. The summed E-state index contributed by atoms with van der Waals surface area (Å²) in [5, 5.41) is 0. The number of rotatable bonds is 7. The van der Waals surface area contributed by atoms with Crippen LogP contribution >= 0.6 is 0 Å². The van der Waals surface area contributed by atoms with Crippen LogP contribution in [0.25, 0.3) is 0 Å². The number of likely N-dealkylation sites (N-methyl/N-ethyl adjacent to an activating group) is 1. The number of nitrogens with zero attached hydrogens (tertiary/aromatic N) is 1. The van der Waals surface area contributed by atoms with E-state index < -0.39 is 6.04 Å². The summed E-state index contributed by atoms with van der Waals surface area (Å²) in [4.78, 5) is 14.0. The molecule has 0 saturated heterocycles. The number of hydrogen-bond acceptors (Lipinski definition) is 5. The molecule has 2 rings (SSSR count). The third kappa shape index (κ3) is 3.90. The van der Waals surface area contributed by atoms with Crippen molar-refractivity contribution in [2.45, 2.75) is 38.3 Å². The Hall–Kier alpha value is -1.79. The summed E-state index contributed by atoms with van der Waals surface area (Å²) in [7, 11) is 1.79. The molecule has 6 heteroatoms. The molecule has 1 unspecified atom stereocenters. The average molecular weight is 307 g/mol. The molecule has 1 aliphatic rings. The van der Waals surface area contributed by atoms with E-state index in [1.807, 2.05) is 25.1 Å². The van der Waals surface area contributed by atoms with Crippen LogP contribution in [0.15, 0.2) is 18.2 Å². The monoisotopic (exact) mass is 307 g/mol. The standard InChI is InChI=1S/C16H25N3O3/c1-11(19(2)16(20)13(18)4-3-7-17)8-12-5-6-14-15(9-12)22-10-21-14/h5-6,9,11,13H,3-4,7-8,10,17-18H2,1-2H3/t11-,13?/m0/s1. The fraction of sp³-hybridized carbons (Fsp3) is 0.562. The lowest BCUT2D eigenvalue weighted by Crippen LogP contribution is -2.46. The van der Waals surface area contributed by atoms with Crippen LogP contribution in [0.1, 0.15) is 25.3 Å². The average Bonchev–Trinajstić information content (AvgIpc) is 2.98. The summed E-state index contributed by atoms with van der Waals surface area (Å²) < 4.78 is 10.7. The third-order valence-corrected chi connectivity index (χ3v) is 4.01. The SMILES string of the molecule is C[C@@H](Cc1ccc2c(c1)OCO2)N(C)C(=O)C(N)CCCN. The van der Waals surface area contributed by atoms with Crippen LogP contribution < -0.4 is 20.9 Å². The molecule has 1 aliphatic heterocycles. The van der Waals surface area contributed by atoms with Gasteiger partial charge in [-0.3, -0.25) is 4.79 Å². The van der Waals surface area contributed by atoms with Gasteiger partial charge in [0.15, 0.2) is 11.5 Å². The van der Waals surface area contributed by atoms with Gasteiger partial charge in [-0.2, -0.15) is 0 Å². The van der Waals surface area contributed by atoms with Crippen molar-refractivity contribution < 1.29 is 14.3 Å². The first-order valence-corrected chi connectivity index (χ1v) is 7.63. The Bertz CT molecular complexity index is 521. The molecule has 2 atom stereocenters. The third-order valence-electron chi connectivity index (χ3n) is 4.01. The van der Waals surface area contributed by atoms with Crippen LogP contribution in [-0.4, -0.2) is 43.3 Å². The number of benzene rings is 1. The van der Waals surface area contributed by atoms with Crippen molar-refractivity contribution in [2.75, 3.05) is 20.4 Å². The minimum absolute atomic E-state index is 0.0401. The number of fused-ring (bicyclic) bond motifs is 1. The van der Waals surface area contributed by atoms with Crippen molar-refractivity contribution >= 4 is 5.91 Å². The number of hydrogen-bond donors (Lipinski definition) is 2. The summed E-state index contributed by atoms with van der Waals surface area (Å²) in [6, 6.07) is 5.44. The maximum absolute atomic E-state index is 12.3. The molecule has 1 aromatic carbocycles. The van der Waals surface area contributed by atoms with Gasteiger partial charge in [-0.15, -0.1) is 0 Å². The Labute approximate surface area is 131 Å². The van der Waals surface area contributed by atoms with Gasteiger partial charge in [0.05, 0.1) is 6.04 Å². The molecule has 1 amide bonds. The Balaban J connectivity index is 1.93. The maximum Gasteiger partial charge on any atom is 0.239 e. The number of nitrogens with two attached hydrogens (primary N) is 2. The second kappa shape index (κ2) is 7.47. The Morgan fingerprint density at radius 1 is 1.36 bits per heavy atom. The number of carbonyl (C=O) groups excluding carboxylic acids is 1. The van der Waals surface area contributed by atoms with Crippen molar-refractivity contribution in [3.63, 3.8) is 0 Å². The predicted octanol–water partition coefficient (Wildman–Crippen LogP) is 0.871. The fourth-order valence-corrected chi connectivity index (χ4v) is 2.49. The highest BCUT2D eigenvalue weighted by Crippen LogP contribution is 2.32. The van der Waals surface area contributed by atoms with E-state index >= 15 is 0 Å². The van der Waals surface area contributed by atoms with Crippen LogP contribution in [0.4, 0.5) is 0 Å². The number of carbonyl (C=O) groups is 1. The van der Waals surface area contributed by atoms with E-state index in [0.717, 1.165) is 29.9 Å². The second-order valence-corrected chi connectivity index (χ2v) is 5.73. The topological polar surface area (TPSA) is 90.8 Å². The van der Waals surface area contributed by atoms with Crippen LogP contribution in [0.3, 0.4) is 0 Å². The molecule has 6 nitrogen and oxygen atoms in total. The molecule has 0 spiro atoms. The van der Waals surface area contributed by atoms with Gasteiger partial charge >= 0.3 is 0 Å². The number of ether oxygens (including phenoxy) is 2. The van der Waals surface area contributed by atoms with Crippen LogP contribution in [0.2, 0.25) is 0 Å². The van der Waals surface area contributed by atoms with Crippen molar-refractivity contribution in [1.82, 2.24) is 4.90 Å². The van der Waals surface area contributed by atoms with E-state index in [1.165, 1.54) is 0 Å². The quantitative estimate of drug-likeness (QED) is 0.780. The van der Waals surface area contributed by atoms with E-state index in [2.05, 4.69) is 0 Å². The molecule has 122 valence electrons. The molecule has 1 heterocycles. The van der Waals surface area contributed by atoms with Crippen molar-refractivity contribution in [1.29, 1.82) is 0 Å². The molecule has 0 aliphatic carbocycles. The summed E-state index contributed by atoms with van der Waals surface area (Å²) in [6.07, 6.45) is 2.12. The Kier molecular flexibility index (Phi) is 5.63. The largest absolute Gasteiger partial charge is 0.454 e. The first kappa shape index (κ1) is 16.6. The lowest BCUT2D eigenvalue weighted by Gasteiger charge is -2.27. The minimum Gasteiger partial charge on any atom is -0.454 e. The molecule has 0 radical (unpaired) electrons. The summed E-state index contributed by atoms with van der Waals surface area (Å²) >= 11 is 0. The van der Waals surface area contributed by atoms with Crippen molar-refractivity contribution in [3.05, 3.63) is 23.8 Å². The van der Waals surface area contributed by atoms with Gasteiger partial charge in [0.25, 0.3) is 0 Å². The smallest absolute Gasteiger partial charge is 0.239 e. The van der Waals surface area contributed by atoms with E-state index in [9.17, 15) is 4.79 Å². The molecule has 0 saturated carbocycles. The molecular formula is C16H25N3O3. The summed E-state index contributed by atoms with van der Waals surface area (Å²) in [5.74, 6) is 1.49. The van der Waals surface area contributed by atoms with Crippen molar-refractivity contribution in [2.24, 2.45) is 11.5 Å². The molecule has 1 aromatic rings. The van der Waals surface area contributed by atoms with Crippen LogP contribution in [0.5, 0.6) is 11.5 Å². The lowest BCUT2D eigenvalue weighted by atomic mass is 10.0. The summed E-state index contributed by atoms with van der Waals surface area (Å²) in [5.41, 5.74) is 12.5. The zero-order valence-electron chi connectivity index (χ0n) is 13.2. The van der Waals surface area contributed by atoms with E-state index in [1.54, 1.807) is 11.9 Å². The van der Waals surface area contributed by atoms with Gasteiger partial charge < -0.3 is 25.8 Å². The first-order chi connectivity index (χ1) is 10.5. The first-order valence-electron chi connectivity index (χ1n) is 7.63. The van der Waals surface area contributed by atoms with Gasteiger partial charge in [0.2, 0.25) is 12.7 Å². The zero-order valence-corrected chi connectivity index (χ0v) is 13.2. The van der Waals surface area contributed by atoms with E-state index in [0.29, 0.717) is 13.0 Å². The summed E-state index contributed by atoms with van der Waals surface area (Å²) in [6.45, 7) is 2.83. The highest BCUT2D eigenvalue weighted by molar-refractivity contribution is 5.81. The molecule has 0 aromatic heterocycles. The lowest BCUT2D eigenvalue weighted by molar-refractivity contribution is -0.133. The van der Waals surface area contributed by atoms with Crippen molar-refractivity contribution in [3.8, 4) is 11.5 Å². The minimum atomic E-state index is -0.479. The molecule has 0 bridgehead atoms. The molecule has 4 N–H and O–H groups in total. The zero-order chi connectivity index (χ0) is 16.1. The van der Waals surface area contributed by atoms with E-state index in [-0.39, 0.29) is 18.7 Å². The molecular weight excluding hydrogens is 282 g/mol. The van der Waals surface area contributed by atoms with Crippen LogP contribution in [0, 0.1) is 0 Å². The fourth-order valence-electron chi connectivity index (χ4n) is 2.49. The van der Waals surface area contributed by atoms with Gasteiger partial charge in [0.1, 0.15) is 0 Å². The maximum atomic E-state index is 12.3. The van der Waals surface area contributed by atoms with E-state index in [4.69, 9.17) is 20.9 Å². The van der Waals surface area contributed by atoms with Crippen LogP contribution in [-0.2, 0) is 11.2 Å². The number of amides is 1. The van der Waals surface area contributed by atoms with Gasteiger partial charge in [-0.25, -0.2) is 0 Å². The molecule has 0 fully saturated rings. The van der Waals surface area contributed by atoms with Gasteiger partial charge in [0, 0.05) is 13.1 Å². The predicted molar refractivity (Wildman–Crippen MR) is 84.8 cm³/mol. The Morgan fingerprint density at radius 3 is 2.82 bits per heavy atom. The van der Waals surface area contributed by atoms with Gasteiger partial charge in [-0.05, 0) is 50.4 Å². The highest BCUT2D eigenvalue weighted by atomic mass is 16.7.